The Morgan fingerprint density at radius 1 is 1.16 bits per heavy atom. The van der Waals surface area contributed by atoms with Crippen LogP contribution in [0.25, 0.3) is 22.6 Å². The van der Waals surface area contributed by atoms with Crippen molar-refractivity contribution in [2.24, 2.45) is 0 Å². The smallest absolute Gasteiger partial charge is 0.160 e. The Hall–Kier alpha value is -2.36. The molecule has 0 radical (unpaired) electrons. The van der Waals surface area contributed by atoms with E-state index in [1.165, 1.54) is 0 Å². The third kappa shape index (κ3) is 1.95. The summed E-state index contributed by atoms with van der Waals surface area (Å²) in [5.74, 6) is 1.08. The highest BCUT2D eigenvalue weighted by Gasteiger charge is 2.15. The lowest BCUT2D eigenvalue weighted by atomic mass is 10.2. The SMILES string of the molecule is CC(C)n1c(-c2cccc(O)c2)nc2cccnc21. The van der Waals surface area contributed by atoms with Crippen molar-refractivity contribution in [3.05, 3.63) is 42.6 Å². The van der Waals surface area contributed by atoms with E-state index in [0.29, 0.717) is 0 Å². The third-order valence-electron chi connectivity index (χ3n) is 3.07. The van der Waals surface area contributed by atoms with Crippen LogP contribution in [0, 0.1) is 0 Å². The molecule has 96 valence electrons. The fourth-order valence-electron chi connectivity index (χ4n) is 2.27. The summed E-state index contributed by atoms with van der Waals surface area (Å²) < 4.78 is 2.09. The number of fused-ring (bicyclic) bond motifs is 1. The van der Waals surface area contributed by atoms with Crippen LogP contribution < -0.4 is 0 Å². The molecule has 0 spiro atoms. The lowest BCUT2D eigenvalue weighted by Crippen LogP contribution is -2.03. The quantitative estimate of drug-likeness (QED) is 0.761. The first kappa shape index (κ1) is 11.7. The Labute approximate surface area is 111 Å². The van der Waals surface area contributed by atoms with Crippen molar-refractivity contribution < 1.29 is 5.11 Å². The number of nitrogens with zero attached hydrogens (tertiary/aromatic N) is 3. The van der Waals surface area contributed by atoms with Crippen molar-refractivity contribution >= 4 is 11.2 Å². The zero-order valence-corrected chi connectivity index (χ0v) is 10.9. The maximum absolute atomic E-state index is 9.63. The largest absolute Gasteiger partial charge is 0.508 e. The molecule has 0 fully saturated rings. The second kappa shape index (κ2) is 4.39. The van der Waals surface area contributed by atoms with Gasteiger partial charge in [-0.3, -0.25) is 0 Å². The minimum Gasteiger partial charge on any atom is -0.508 e. The number of imidazole rings is 1. The molecular weight excluding hydrogens is 238 g/mol. The molecule has 0 atom stereocenters. The average Bonchev–Trinajstić information content (AvgIpc) is 2.78. The molecule has 0 aliphatic rings. The van der Waals surface area contributed by atoms with Crippen LogP contribution in [0.1, 0.15) is 19.9 Å². The predicted octanol–water partition coefficient (Wildman–Crippen LogP) is 3.38. The Morgan fingerprint density at radius 2 is 2.00 bits per heavy atom. The lowest BCUT2D eigenvalue weighted by molar-refractivity contribution is 0.475. The molecule has 3 aromatic rings. The molecular formula is C15H15N3O. The summed E-state index contributed by atoms with van der Waals surface area (Å²) in [7, 11) is 0. The van der Waals surface area contributed by atoms with Gasteiger partial charge in [0.1, 0.15) is 17.1 Å². The maximum Gasteiger partial charge on any atom is 0.160 e. The Balaban J connectivity index is 2.31. The fourth-order valence-corrected chi connectivity index (χ4v) is 2.27. The number of aromatic nitrogens is 3. The fraction of sp³-hybridized carbons (Fsp3) is 0.200. The van der Waals surface area contributed by atoms with E-state index in [4.69, 9.17) is 0 Å². The van der Waals surface area contributed by atoms with Gasteiger partial charge in [0.25, 0.3) is 0 Å². The summed E-state index contributed by atoms with van der Waals surface area (Å²) in [4.78, 5) is 9.04. The van der Waals surface area contributed by atoms with E-state index in [-0.39, 0.29) is 11.8 Å². The van der Waals surface area contributed by atoms with Crippen molar-refractivity contribution in [2.75, 3.05) is 0 Å². The molecule has 0 saturated heterocycles. The molecule has 0 unspecified atom stereocenters. The summed E-state index contributed by atoms with van der Waals surface area (Å²) in [6.45, 7) is 4.20. The first-order chi connectivity index (χ1) is 9.16. The second-order valence-corrected chi connectivity index (χ2v) is 4.80. The summed E-state index contributed by atoms with van der Waals surface area (Å²) in [6, 6.07) is 11.2. The molecule has 0 saturated carbocycles. The number of phenols is 1. The number of hydrogen-bond donors (Lipinski definition) is 1. The highest BCUT2D eigenvalue weighted by atomic mass is 16.3. The van der Waals surface area contributed by atoms with Gasteiger partial charge in [-0.15, -0.1) is 0 Å². The molecule has 4 nitrogen and oxygen atoms in total. The zero-order valence-electron chi connectivity index (χ0n) is 10.9. The molecule has 3 rings (SSSR count). The summed E-state index contributed by atoms with van der Waals surface area (Å²) in [5, 5.41) is 9.63. The molecule has 2 aromatic heterocycles. The van der Waals surface area contributed by atoms with E-state index in [1.54, 1.807) is 18.3 Å². The van der Waals surface area contributed by atoms with Gasteiger partial charge in [-0.2, -0.15) is 0 Å². The van der Waals surface area contributed by atoms with Crippen molar-refractivity contribution in [1.82, 2.24) is 14.5 Å². The van der Waals surface area contributed by atoms with Gasteiger partial charge in [-0.05, 0) is 38.1 Å². The van der Waals surface area contributed by atoms with E-state index < -0.39 is 0 Å². The molecule has 4 heteroatoms. The summed E-state index contributed by atoms with van der Waals surface area (Å²) in [5.41, 5.74) is 2.64. The van der Waals surface area contributed by atoms with Crippen molar-refractivity contribution in [3.8, 4) is 17.1 Å². The first-order valence-corrected chi connectivity index (χ1v) is 6.29. The van der Waals surface area contributed by atoms with Crippen LogP contribution in [-0.4, -0.2) is 19.6 Å². The topological polar surface area (TPSA) is 50.9 Å². The minimum absolute atomic E-state index is 0.243. The van der Waals surface area contributed by atoms with Crippen LogP contribution in [0.4, 0.5) is 0 Å². The van der Waals surface area contributed by atoms with Crippen LogP contribution in [-0.2, 0) is 0 Å². The number of rotatable bonds is 2. The van der Waals surface area contributed by atoms with E-state index in [2.05, 4.69) is 28.4 Å². The molecule has 19 heavy (non-hydrogen) atoms. The molecule has 1 aromatic carbocycles. The average molecular weight is 253 g/mol. The molecule has 2 heterocycles. The monoisotopic (exact) mass is 253 g/mol. The first-order valence-electron chi connectivity index (χ1n) is 6.29. The van der Waals surface area contributed by atoms with Gasteiger partial charge in [-0.25, -0.2) is 9.97 Å². The number of pyridine rings is 1. The Morgan fingerprint density at radius 3 is 2.74 bits per heavy atom. The standard InChI is InChI=1S/C15H15N3O/c1-10(2)18-14(11-5-3-6-12(19)9-11)17-13-7-4-8-16-15(13)18/h3-10,19H,1-2H3. The molecule has 0 bridgehead atoms. The van der Waals surface area contributed by atoms with Crippen LogP contribution in [0.3, 0.4) is 0 Å². The number of aromatic hydroxyl groups is 1. The van der Waals surface area contributed by atoms with E-state index in [1.807, 2.05) is 24.3 Å². The van der Waals surface area contributed by atoms with Gasteiger partial charge in [0.05, 0.1) is 0 Å². The van der Waals surface area contributed by atoms with Crippen LogP contribution in [0.2, 0.25) is 0 Å². The highest BCUT2D eigenvalue weighted by molar-refractivity contribution is 5.77. The molecule has 1 N–H and O–H groups in total. The highest BCUT2D eigenvalue weighted by Crippen LogP contribution is 2.28. The Bertz CT molecular complexity index is 731. The normalized spacial score (nSPS) is 11.3. The minimum atomic E-state index is 0.243. The summed E-state index contributed by atoms with van der Waals surface area (Å²) >= 11 is 0. The predicted molar refractivity (Wildman–Crippen MR) is 75.0 cm³/mol. The molecule has 0 amide bonds. The maximum atomic E-state index is 9.63. The molecule has 0 aliphatic carbocycles. The van der Waals surface area contributed by atoms with E-state index >= 15 is 0 Å². The van der Waals surface area contributed by atoms with Gasteiger partial charge in [0.2, 0.25) is 0 Å². The van der Waals surface area contributed by atoms with Crippen molar-refractivity contribution in [2.45, 2.75) is 19.9 Å². The van der Waals surface area contributed by atoms with Gasteiger partial charge in [-0.1, -0.05) is 12.1 Å². The van der Waals surface area contributed by atoms with Crippen LogP contribution >= 0.6 is 0 Å². The number of benzene rings is 1. The van der Waals surface area contributed by atoms with Crippen molar-refractivity contribution in [3.63, 3.8) is 0 Å². The van der Waals surface area contributed by atoms with Gasteiger partial charge in [0, 0.05) is 17.8 Å². The number of hydrogen-bond acceptors (Lipinski definition) is 3. The summed E-state index contributed by atoms with van der Waals surface area (Å²) in [6.07, 6.45) is 1.77. The second-order valence-electron chi connectivity index (χ2n) is 4.80. The Kier molecular flexibility index (Phi) is 2.71. The van der Waals surface area contributed by atoms with E-state index in [9.17, 15) is 5.11 Å². The van der Waals surface area contributed by atoms with E-state index in [0.717, 1.165) is 22.6 Å². The van der Waals surface area contributed by atoms with Crippen molar-refractivity contribution in [1.29, 1.82) is 0 Å². The van der Waals surface area contributed by atoms with Gasteiger partial charge in [0.15, 0.2) is 5.65 Å². The lowest BCUT2D eigenvalue weighted by Gasteiger charge is -2.12. The molecule has 0 aliphatic heterocycles. The number of phenolic OH excluding ortho intramolecular Hbond substituents is 1. The van der Waals surface area contributed by atoms with Crippen LogP contribution in [0.5, 0.6) is 5.75 Å². The van der Waals surface area contributed by atoms with Gasteiger partial charge < -0.3 is 9.67 Å². The zero-order chi connectivity index (χ0) is 13.4. The third-order valence-corrected chi connectivity index (χ3v) is 3.07. The van der Waals surface area contributed by atoms with Gasteiger partial charge >= 0.3 is 0 Å². The van der Waals surface area contributed by atoms with Crippen LogP contribution in [0.15, 0.2) is 42.6 Å².